The van der Waals surface area contributed by atoms with Gasteiger partial charge in [0.2, 0.25) is 0 Å². The van der Waals surface area contributed by atoms with Crippen LogP contribution in [0.2, 0.25) is 0 Å². The van der Waals surface area contributed by atoms with Crippen LogP contribution in [0.5, 0.6) is 0 Å². The number of aliphatic imine (C=N–C) groups is 4. The summed E-state index contributed by atoms with van der Waals surface area (Å²) in [6, 6.07) is 41.2. The third-order valence-electron chi connectivity index (χ3n) is 12.8. The zero-order chi connectivity index (χ0) is 50.6. The number of H-pyrrole nitrogens is 6. The van der Waals surface area contributed by atoms with Crippen LogP contribution in [0.15, 0.2) is 191 Å². The molecule has 2 aliphatic rings. The lowest BCUT2D eigenvalue weighted by molar-refractivity contribution is 1.31. The summed E-state index contributed by atoms with van der Waals surface area (Å²) in [7, 11) is 0. The van der Waals surface area contributed by atoms with Crippen LogP contribution >= 0.6 is 0 Å². The van der Waals surface area contributed by atoms with Crippen LogP contribution in [0.4, 0.5) is 22.7 Å². The van der Waals surface area contributed by atoms with Crippen molar-refractivity contribution in [3.8, 4) is 44.5 Å². The predicted molar refractivity (Wildman–Crippen MR) is 304 cm³/mol. The summed E-state index contributed by atoms with van der Waals surface area (Å²) in [4.78, 5) is 66.6. The van der Waals surface area contributed by atoms with Gasteiger partial charge in [-0.25, -0.2) is 29.9 Å². The van der Waals surface area contributed by atoms with Crippen molar-refractivity contribution in [1.82, 2.24) is 59.8 Å². The molecule has 9 heterocycles. The Kier molecular flexibility index (Phi) is 11.8. The van der Waals surface area contributed by atoms with Gasteiger partial charge in [0.25, 0.3) is 0 Å². The Morgan fingerprint density at radius 1 is 0.289 bits per heavy atom. The zero-order valence-corrected chi connectivity index (χ0v) is 40.3. The van der Waals surface area contributed by atoms with E-state index in [9.17, 15) is 0 Å². The van der Waals surface area contributed by atoms with Crippen molar-refractivity contribution < 1.29 is 0 Å². The van der Waals surface area contributed by atoms with E-state index < -0.39 is 0 Å². The Balaban J connectivity index is 1.04. The van der Waals surface area contributed by atoms with Crippen molar-refractivity contribution in [2.45, 2.75) is 0 Å². The molecule has 13 rings (SSSR count). The number of imidazole rings is 4. The molecule has 11 aromatic rings. The van der Waals surface area contributed by atoms with Gasteiger partial charge in [0.15, 0.2) is 0 Å². The zero-order valence-electron chi connectivity index (χ0n) is 40.3. The van der Waals surface area contributed by atoms with Crippen LogP contribution in [-0.4, -0.2) is 84.7 Å². The second kappa shape index (κ2) is 19.9. The first kappa shape index (κ1) is 44.9. The number of fused-ring (bicyclic) bond motifs is 8. The van der Waals surface area contributed by atoms with E-state index in [2.05, 4.69) is 147 Å². The second-order valence-corrected chi connectivity index (χ2v) is 17.7. The summed E-state index contributed by atoms with van der Waals surface area (Å²) >= 11 is 0. The molecule has 16 nitrogen and oxygen atoms in total. The van der Waals surface area contributed by atoms with Crippen LogP contribution < -0.4 is 0 Å². The first-order valence-electron chi connectivity index (χ1n) is 24.3. The average Bonchev–Trinajstić information content (AvgIpc) is 4.30. The average molecular weight is 987 g/mol. The minimum atomic E-state index is 0.742. The maximum atomic E-state index is 5.50. The molecule has 4 aromatic carbocycles. The molecule has 0 unspecified atom stereocenters. The normalized spacial score (nSPS) is 12.4. The van der Waals surface area contributed by atoms with Gasteiger partial charge in [-0.15, -0.1) is 0 Å². The van der Waals surface area contributed by atoms with E-state index >= 15 is 0 Å². The molecule has 6 N–H and O–H groups in total. The molecule has 0 aliphatic carbocycles. The maximum absolute atomic E-state index is 5.50. The summed E-state index contributed by atoms with van der Waals surface area (Å²) in [5.74, 6) is 0. The third kappa shape index (κ3) is 9.34. The molecule has 0 amide bonds. The van der Waals surface area contributed by atoms with E-state index in [-0.39, 0.29) is 0 Å². The number of nitrogens with one attached hydrogen (secondary N) is 6. The topological polar surface area (TPSA) is 222 Å². The smallest absolute Gasteiger partial charge is 0.0990 e. The molecular weight excluding hydrogens is 945 g/mol. The van der Waals surface area contributed by atoms with E-state index in [1.807, 2.05) is 48.5 Å². The monoisotopic (exact) mass is 986 g/mol. The van der Waals surface area contributed by atoms with Crippen molar-refractivity contribution in [3.63, 3.8) is 0 Å². The van der Waals surface area contributed by atoms with Crippen LogP contribution in [0.1, 0.15) is 45.6 Å². The van der Waals surface area contributed by atoms with E-state index in [1.165, 1.54) is 0 Å². The fraction of sp³-hybridized carbons (Fsp3) is 0. The molecule has 8 bridgehead atoms. The standard InChI is InChI=1S/C60H42N16/c1-9-41(65-29-45-25-61-33-69-45)10-2-37(1)57-49-17-19-51(73-49)58(38-3-11-42(12-4-38)66-30-46-26-62-34-70-46)53-21-23-55(75-53)60(40-7-15-44(16-8-40)68-32-48-28-64-36-72-48)56-24-22-54(76-56)59(52-20-18-50(57)74-52)39-5-13-43(14-6-39)67-31-47-27-63-35-71-47/h1-36,73,76H,(H,61,69)(H,62,70)(H,63,71)(H,64,72). The van der Waals surface area contributed by atoms with Crippen LogP contribution in [0.3, 0.4) is 0 Å². The molecule has 7 aromatic heterocycles. The quantitative estimate of drug-likeness (QED) is 0.0653. The van der Waals surface area contributed by atoms with E-state index in [0.29, 0.717) is 0 Å². The molecule has 0 saturated carbocycles. The molecule has 362 valence electrons. The lowest BCUT2D eigenvalue weighted by Crippen LogP contribution is -1.90. The highest BCUT2D eigenvalue weighted by molar-refractivity contribution is 6.00. The minimum absolute atomic E-state index is 0.742. The van der Waals surface area contributed by atoms with Gasteiger partial charge in [0.05, 0.1) is 118 Å². The molecule has 16 heteroatoms. The van der Waals surface area contributed by atoms with Crippen molar-refractivity contribution in [3.05, 3.63) is 217 Å². The number of rotatable bonds is 12. The summed E-state index contributed by atoms with van der Waals surface area (Å²) in [6.45, 7) is 0. The summed E-state index contributed by atoms with van der Waals surface area (Å²) in [5.41, 5.74) is 20.2. The fourth-order valence-electron chi connectivity index (χ4n) is 9.21. The predicted octanol–water partition coefficient (Wildman–Crippen LogP) is 13.2. The first-order valence-corrected chi connectivity index (χ1v) is 24.3. The molecule has 0 radical (unpaired) electrons. The highest BCUT2D eigenvalue weighted by atomic mass is 14.9. The Labute approximate surface area is 433 Å². The molecule has 76 heavy (non-hydrogen) atoms. The van der Waals surface area contributed by atoms with Crippen molar-refractivity contribution in [1.29, 1.82) is 0 Å². The Hall–Kier alpha value is -11.0. The maximum Gasteiger partial charge on any atom is 0.0990 e. The number of aromatic amines is 6. The van der Waals surface area contributed by atoms with Gasteiger partial charge < -0.3 is 29.9 Å². The highest BCUT2D eigenvalue weighted by Gasteiger charge is 2.19. The molecule has 2 aliphatic heterocycles. The van der Waals surface area contributed by atoms with Gasteiger partial charge in [-0.1, -0.05) is 48.5 Å². The first-order chi connectivity index (χ1) is 37.6. The fourth-order valence-corrected chi connectivity index (χ4v) is 9.21. The van der Waals surface area contributed by atoms with Crippen LogP contribution in [-0.2, 0) is 0 Å². The Morgan fingerprint density at radius 2 is 0.526 bits per heavy atom. The number of nitrogens with zero attached hydrogens (tertiary/aromatic N) is 10. The van der Waals surface area contributed by atoms with Crippen molar-refractivity contribution in [2.24, 2.45) is 20.0 Å². The lowest BCUT2D eigenvalue weighted by Gasteiger charge is -2.08. The minimum Gasteiger partial charge on any atom is -0.354 e. The summed E-state index contributed by atoms with van der Waals surface area (Å²) < 4.78 is 0. The number of aromatic nitrogens is 12. The van der Waals surface area contributed by atoms with Gasteiger partial charge in [-0.3, -0.25) is 20.0 Å². The Morgan fingerprint density at radius 3 is 0.737 bits per heavy atom. The Bertz CT molecular complexity index is 3670. The second-order valence-electron chi connectivity index (χ2n) is 17.7. The van der Waals surface area contributed by atoms with E-state index in [0.717, 1.165) is 135 Å². The van der Waals surface area contributed by atoms with E-state index in [4.69, 9.17) is 29.9 Å². The molecular formula is C60H42N16. The van der Waals surface area contributed by atoms with Gasteiger partial charge in [-0.2, -0.15) is 0 Å². The largest absolute Gasteiger partial charge is 0.354 e. The summed E-state index contributed by atoms with van der Waals surface area (Å²) in [6.07, 6.45) is 29.1. The number of hydrogen-bond donors (Lipinski definition) is 6. The summed E-state index contributed by atoms with van der Waals surface area (Å²) in [5, 5.41) is 0. The number of benzene rings is 4. The van der Waals surface area contributed by atoms with Gasteiger partial charge in [-0.05, 0) is 119 Å². The molecule has 0 fully saturated rings. The van der Waals surface area contributed by atoms with Gasteiger partial charge in [0.1, 0.15) is 0 Å². The molecule has 0 atom stereocenters. The van der Waals surface area contributed by atoms with Crippen molar-refractivity contribution in [2.75, 3.05) is 0 Å². The van der Waals surface area contributed by atoms with Gasteiger partial charge >= 0.3 is 0 Å². The highest BCUT2D eigenvalue weighted by Crippen LogP contribution is 2.39. The molecule has 0 spiro atoms. The SMILES string of the molecule is C1=Cc2nc1c(-c1ccc(N=Cc3c[nH]cn3)cc1)c1ccc([nH]1)c(-c1ccc(N=Cc3c[nH]cn3)cc1)c1nc(c(-c3ccc(N=Cc4c[nH]cn4)cc3)c3ccc([nH]3)c2-c2ccc(N=Cc3c[nH]cn3)cc2)C=C1. The lowest BCUT2D eigenvalue weighted by atomic mass is 10.0. The van der Waals surface area contributed by atoms with Gasteiger partial charge in [0, 0.05) is 69.1 Å². The van der Waals surface area contributed by atoms with Crippen molar-refractivity contribution >= 4 is 94.0 Å². The van der Waals surface area contributed by atoms with Crippen LogP contribution in [0.25, 0.3) is 90.9 Å². The number of hydrogen-bond acceptors (Lipinski definition) is 10. The molecule has 0 saturated heterocycles. The van der Waals surface area contributed by atoms with Crippen LogP contribution in [0, 0.1) is 0 Å². The third-order valence-corrected chi connectivity index (χ3v) is 12.8. The van der Waals surface area contributed by atoms with E-state index in [1.54, 1.807) is 75.0 Å².